The third-order valence-corrected chi connectivity index (χ3v) is 7.36. The predicted octanol–water partition coefficient (Wildman–Crippen LogP) is 3.76. The maximum absolute atomic E-state index is 13.1. The molecular formula is C19H20F3N3O4S2. The van der Waals surface area contributed by atoms with Gasteiger partial charge in [-0.3, -0.25) is 14.4 Å². The molecule has 0 fully saturated rings. The van der Waals surface area contributed by atoms with Gasteiger partial charge in [-0.1, -0.05) is 18.6 Å². The summed E-state index contributed by atoms with van der Waals surface area (Å²) in [5.41, 5.74) is -1.38. The standard InChI is InChI=1S/C19H20F3N3O4S2/c20-19(21,22)16-6-3-4-7-17(16)31(28,29)24-14-9-11-15(12-10-14)30(26,27)25-18-8-2-1-5-13-23-18/h3-4,6-7,9-12,24H,1-2,5,8,13H2,(H,23,25). The highest BCUT2D eigenvalue weighted by molar-refractivity contribution is 7.92. The Morgan fingerprint density at radius 2 is 1.48 bits per heavy atom. The van der Waals surface area contributed by atoms with Crippen LogP contribution in [0.1, 0.15) is 31.2 Å². The SMILES string of the molecule is O=S(=O)(NC1=NCCCCC1)c1ccc(NS(=O)(=O)c2ccccc2C(F)(F)F)cc1. The van der Waals surface area contributed by atoms with E-state index in [0.29, 0.717) is 24.9 Å². The van der Waals surface area contributed by atoms with Crippen LogP contribution in [0.15, 0.2) is 63.3 Å². The van der Waals surface area contributed by atoms with E-state index in [1.54, 1.807) is 0 Å². The molecule has 0 saturated carbocycles. The van der Waals surface area contributed by atoms with Crippen molar-refractivity contribution >= 4 is 31.6 Å². The monoisotopic (exact) mass is 475 g/mol. The smallest absolute Gasteiger partial charge is 0.280 e. The maximum Gasteiger partial charge on any atom is 0.417 e. The summed E-state index contributed by atoms with van der Waals surface area (Å²) in [7, 11) is -8.48. The molecule has 0 amide bonds. The Hall–Kier alpha value is -2.60. The van der Waals surface area contributed by atoms with Crippen LogP contribution in [-0.2, 0) is 26.2 Å². The molecule has 12 heteroatoms. The van der Waals surface area contributed by atoms with Crippen molar-refractivity contribution in [1.82, 2.24) is 4.72 Å². The van der Waals surface area contributed by atoms with E-state index in [4.69, 9.17) is 0 Å². The van der Waals surface area contributed by atoms with Crippen molar-refractivity contribution in [2.75, 3.05) is 11.3 Å². The molecular weight excluding hydrogens is 455 g/mol. The lowest BCUT2D eigenvalue weighted by Gasteiger charge is -2.14. The number of alkyl halides is 3. The number of amidine groups is 1. The van der Waals surface area contributed by atoms with Gasteiger partial charge in [0.15, 0.2) is 0 Å². The van der Waals surface area contributed by atoms with Gasteiger partial charge >= 0.3 is 6.18 Å². The fourth-order valence-electron chi connectivity index (χ4n) is 3.02. The highest BCUT2D eigenvalue weighted by Gasteiger charge is 2.36. The average Bonchev–Trinajstić information content (AvgIpc) is 2.95. The van der Waals surface area contributed by atoms with Crippen LogP contribution in [0.2, 0.25) is 0 Å². The fraction of sp³-hybridized carbons (Fsp3) is 0.316. The van der Waals surface area contributed by atoms with Gasteiger partial charge in [0.1, 0.15) is 5.84 Å². The van der Waals surface area contributed by atoms with Crippen LogP contribution < -0.4 is 9.44 Å². The third kappa shape index (κ3) is 5.76. The number of rotatable bonds is 5. The van der Waals surface area contributed by atoms with Crippen LogP contribution in [0.5, 0.6) is 0 Å². The topological polar surface area (TPSA) is 105 Å². The lowest BCUT2D eigenvalue weighted by Crippen LogP contribution is -2.30. The zero-order valence-electron chi connectivity index (χ0n) is 16.2. The molecule has 2 N–H and O–H groups in total. The molecule has 0 bridgehead atoms. The van der Waals surface area contributed by atoms with E-state index in [-0.39, 0.29) is 10.6 Å². The predicted molar refractivity (Wildman–Crippen MR) is 110 cm³/mol. The normalized spacial score (nSPS) is 15.6. The summed E-state index contributed by atoms with van der Waals surface area (Å²) >= 11 is 0. The van der Waals surface area contributed by atoms with E-state index in [0.717, 1.165) is 55.7 Å². The van der Waals surface area contributed by atoms with Gasteiger partial charge in [0.05, 0.1) is 15.4 Å². The first-order valence-corrected chi connectivity index (χ1v) is 12.3. The van der Waals surface area contributed by atoms with Crippen LogP contribution in [0.3, 0.4) is 0 Å². The van der Waals surface area contributed by atoms with Gasteiger partial charge in [-0.05, 0) is 49.2 Å². The lowest BCUT2D eigenvalue weighted by molar-refractivity contribution is -0.139. The molecule has 0 aliphatic carbocycles. The number of hydrogen-bond acceptors (Lipinski definition) is 5. The number of benzene rings is 2. The third-order valence-electron chi connectivity index (χ3n) is 4.53. The summed E-state index contributed by atoms with van der Waals surface area (Å²) in [4.78, 5) is 3.15. The summed E-state index contributed by atoms with van der Waals surface area (Å²) < 4.78 is 93.9. The molecule has 0 aromatic heterocycles. The van der Waals surface area contributed by atoms with Gasteiger partial charge in [-0.15, -0.1) is 0 Å². The number of aliphatic imine (C=N–C) groups is 1. The number of halogens is 3. The van der Waals surface area contributed by atoms with Crippen molar-refractivity contribution in [2.45, 2.75) is 41.7 Å². The second-order valence-corrected chi connectivity index (χ2v) is 10.2. The van der Waals surface area contributed by atoms with Crippen molar-refractivity contribution in [3.63, 3.8) is 0 Å². The van der Waals surface area contributed by atoms with Gasteiger partial charge in [0.2, 0.25) is 0 Å². The van der Waals surface area contributed by atoms with Crippen LogP contribution in [0, 0.1) is 0 Å². The molecule has 168 valence electrons. The van der Waals surface area contributed by atoms with Crippen LogP contribution in [-0.4, -0.2) is 29.2 Å². The molecule has 31 heavy (non-hydrogen) atoms. The molecule has 1 aliphatic heterocycles. The number of hydrogen-bond donors (Lipinski definition) is 2. The van der Waals surface area contributed by atoms with Gasteiger partial charge < -0.3 is 0 Å². The summed E-state index contributed by atoms with van der Waals surface area (Å²) in [5, 5.41) is 0. The van der Waals surface area contributed by atoms with Gasteiger partial charge in [-0.25, -0.2) is 16.8 Å². The quantitative estimate of drug-likeness (QED) is 0.687. The molecule has 0 unspecified atom stereocenters. The number of nitrogens with one attached hydrogen (secondary N) is 2. The molecule has 0 atom stereocenters. The van der Waals surface area contributed by atoms with Crippen LogP contribution in [0.4, 0.5) is 18.9 Å². The number of nitrogens with zero attached hydrogens (tertiary/aromatic N) is 1. The first-order valence-electron chi connectivity index (χ1n) is 9.34. The largest absolute Gasteiger partial charge is 0.417 e. The average molecular weight is 476 g/mol. The molecule has 2 aromatic rings. The summed E-state index contributed by atoms with van der Waals surface area (Å²) in [6.07, 6.45) is -1.68. The summed E-state index contributed by atoms with van der Waals surface area (Å²) in [6, 6.07) is 8.44. The Labute approximate surface area is 178 Å². The Morgan fingerprint density at radius 3 is 2.16 bits per heavy atom. The minimum Gasteiger partial charge on any atom is -0.280 e. The molecule has 3 rings (SSSR count). The number of anilines is 1. The Bertz CT molecular complexity index is 1180. The number of sulfonamides is 2. The van der Waals surface area contributed by atoms with E-state index in [1.807, 2.05) is 4.72 Å². The van der Waals surface area contributed by atoms with Crippen molar-refractivity contribution in [3.05, 3.63) is 54.1 Å². The van der Waals surface area contributed by atoms with E-state index >= 15 is 0 Å². The minimum absolute atomic E-state index is 0.0808. The lowest BCUT2D eigenvalue weighted by atomic mass is 10.2. The van der Waals surface area contributed by atoms with Gasteiger partial charge in [0.25, 0.3) is 20.0 Å². The fourth-order valence-corrected chi connectivity index (χ4v) is 5.40. The van der Waals surface area contributed by atoms with Crippen molar-refractivity contribution in [1.29, 1.82) is 0 Å². The van der Waals surface area contributed by atoms with Crippen LogP contribution >= 0.6 is 0 Å². The second-order valence-electron chi connectivity index (χ2n) is 6.87. The highest BCUT2D eigenvalue weighted by atomic mass is 32.2. The van der Waals surface area contributed by atoms with Crippen molar-refractivity contribution in [2.24, 2.45) is 4.99 Å². The summed E-state index contributed by atoms with van der Waals surface area (Å²) in [6.45, 7) is 0.540. The summed E-state index contributed by atoms with van der Waals surface area (Å²) in [5.74, 6) is 0.367. The van der Waals surface area contributed by atoms with Crippen molar-refractivity contribution < 1.29 is 30.0 Å². The molecule has 1 heterocycles. The van der Waals surface area contributed by atoms with Crippen LogP contribution in [0.25, 0.3) is 0 Å². The Balaban J connectivity index is 1.80. The van der Waals surface area contributed by atoms with E-state index in [2.05, 4.69) is 9.71 Å². The molecule has 0 spiro atoms. The highest BCUT2D eigenvalue weighted by Crippen LogP contribution is 2.34. The second kappa shape index (κ2) is 8.87. The van der Waals surface area contributed by atoms with E-state index < -0.39 is 36.7 Å². The van der Waals surface area contributed by atoms with E-state index in [1.165, 1.54) is 6.07 Å². The Morgan fingerprint density at radius 1 is 0.806 bits per heavy atom. The molecule has 0 saturated heterocycles. The molecule has 1 aliphatic rings. The minimum atomic E-state index is -4.85. The molecule has 7 nitrogen and oxygen atoms in total. The first kappa shape index (κ1) is 23.1. The van der Waals surface area contributed by atoms with Gasteiger partial charge in [0, 0.05) is 18.7 Å². The maximum atomic E-state index is 13.1. The zero-order chi connectivity index (χ0) is 22.7. The molecule has 0 radical (unpaired) electrons. The zero-order valence-corrected chi connectivity index (χ0v) is 17.8. The van der Waals surface area contributed by atoms with Crippen molar-refractivity contribution in [3.8, 4) is 0 Å². The molecule has 2 aromatic carbocycles. The first-order chi connectivity index (χ1) is 14.5. The van der Waals surface area contributed by atoms with Gasteiger partial charge in [-0.2, -0.15) is 13.2 Å². The Kier molecular flexibility index (Phi) is 6.60. The van der Waals surface area contributed by atoms with E-state index in [9.17, 15) is 30.0 Å².